The van der Waals surface area contributed by atoms with Crippen molar-refractivity contribution in [3.63, 3.8) is 0 Å². The van der Waals surface area contributed by atoms with Crippen molar-refractivity contribution in [3.8, 4) is 39.9 Å². The fourth-order valence-electron chi connectivity index (χ4n) is 10.0. The second kappa shape index (κ2) is 13.4. The summed E-state index contributed by atoms with van der Waals surface area (Å²) in [6.07, 6.45) is 0. The van der Waals surface area contributed by atoms with Crippen LogP contribution in [0.3, 0.4) is 0 Å². The lowest BCUT2D eigenvalue weighted by Gasteiger charge is -2.13. The maximum atomic E-state index is 6.97. The number of hydrogen-bond donors (Lipinski definition) is 0. The minimum Gasteiger partial charge on any atom is -0.456 e. The first kappa shape index (κ1) is 35.0. The van der Waals surface area contributed by atoms with E-state index in [2.05, 4.69) is 211 Å². The molecule has 0 saturated carbocycles. The Kier molecular flexibility index (Phi) is 7.33. The Morgan fingerprint density at radius 1 is 0.297 bits per heavy atom. The van der Waals surface area contributed by atoms with Gasteiger partial charge >= 0.3 is 0 Å². The Morgan fingerprint density at radius 3 is 1.25 bits per heavy atom. The standard InChI is InChI=1S/C59H34N4O/c1-3-13-37-27-43(23-21-35(37)11-1)57-60-58(44-24-22-36-12-2-4-14-38(36)28-44)62-59(61-57)45-25-26-48-54(33-45)64-55-34-53(46-19-9-10-20-47(46)56(48)55)63-51-31-41-17-7-5-15-39(41)29-49(51)50-30-40-16-6-8-18-42(40)32-52(50)63/h1-34H. The lowest BCUT2D eigenvalue weighted by atomic mass is 10.0. The number of nitrogens with zero attached hydrogens (tertiary/aromatic N) is 4. The molecule has 14 aromatic rings. The minimum absolute atomic E-state index is 0.582. The van der Waals surface area contributed by atoms with Gasteiger partial charge in [-0.2, -0.15) is 0 Å². The third-order valence-electron chi connectivity index (χ3n) is 13.1. The SMILES string of the molecule is c1ccc2cc(-c3nc(-c4ccc5ccccc5c4)nc(-c4ccc5c(c4)oc4cc(-n6c7cc8ccccc8cc7c7cc8ccccc8cc76)c6ccccc6c45)n3)ccc2c1. The van der Waals surface area contributed by atoms with E-state index in [1.54, 1.807) is 0 Å². The molecule has 0 bridgehead atoms. The highest BCUT2D eigenvalue weighted by Gasteiger charge is 2.21. The number of furan rings is 1. The average Bonchev–Trinajstić information content (AvgIpc) is 3.88. The summed E-state index contributed by atoms with van der Waals surface area (Å²) >= 11 is 0. The summed E-state index contributed by atoms with van der Waals surface area (Å²) in [7, 11) is 0. The predicted molar refractivity (Wildman–Crippen MR) is 265 cm³/mol. The molecule has 5 heteroatoms. The summed E-state index contributed by atoms with van der Waals surface area (Å²) in [6.45, 7) is 0. The molecule has 0 unspecified atom stereocenters. The monoisotopic (exact) mass is 814 g/mol. The smallest absolute Gasteiger partial charge is 0.164 e. The van der Waals surface area contributed by atoms with Gasteiger partial charge in [-0.15, -0.1) is 0 Å². The number of fused-ring (bicyclic) bond motifs is 12. The third kappa shape index (κ3) is 5.34. The van der Waals surface area contributed by atoms with Crippen LogP contribution in [0.4, 0.5) is 0 Å². The molecule has 3 heterocycles. The Bertz CT molecular complexity index is 4080. The molecule has 14 rings (SSSR count). The molecule has 0 atom stereocenters. The molecule has 0 spiro atoms. The lowest BCUT2D eigenvalue weighted by molar-refractivity contribution is 0.669. The predicted octanol–water partition coefficient (Wildman–Crippen LogP) is 15.6. The van der Waals surface area contributed by atoms with Crippen LogP contribution in [-0.4, -0.2) is 19.5 Å². The summed E-state index contributed by atoms with van der Waals surface area (Å²) in [5, 5.41) is 16.3. The maximum Gasteiger partial charge on any atom is 0.164 e. The summed E-state index contributed by atoms with van der Waals surface area (Å²) in [4.78, 5) is 15.4. The largest absolute Gasteiger partial charge is 0.456 e. The topological polar surface area (TPSA) is 56.7 Å². The van der Waals surface area contributed by atoms with Crippen molar-refractivity contribution in [2.75, 3.05) is 0 Å². The van der Waals surface area contributed by atoms with Gasteiger partial charge in [0.05, 0.1) is 16.7 Å². The van der Waals surface area contributed by atoms with Crippen molar-refractivity contribution in [2.45, 2.75) is 0 Å². The van der Waals surface area contributed by atoms with Crippen molar-refractivity contribution in [3.05, 3.63) is 206 Å². The van der Waals surface area contributed by atoms with Crippen molar-refractivity contribution in [2.24, 2.45) is 0 Å². The van der Waals surface area contributed by atoms with E-state index in [1.165, 1.54) is 43.1 Å². The Morgan fingerprint density at radius 2 is 0.719 bits per heavy atom. The second-order valence-electron chi connectivity index (χ2n) is 16.8. The first-order chi connectivity index (χ1) is 31.7. The zero-order valence-electron chi connectivity index (χ0n) is 34.3. The second-order valence-corrected chi connectivity index (χ2v) is 16.8. The van der Waals surface area contributed by atoms with Crippen LogP contribution >= 0.6 is 0 Å². The zero-order valence-corrected chi connectivity index (χ0v) is 34.3. The van der Waals surface area contributed by atoms with Gasteiger partial charge in [0.25, 0.3) is 0 Å². The highest BCUT2D eigenvalue weighted by Crippen LogP contribution is 2.43. The van der Waals surface area contributed by atoms with Gasteiger partial charge < -0.3 is 8.98 Å². The van der Waals surface area contributed by atoms with E-state index in [4.69, 9.17) is 19.4 Å². The van der Waals surface area contributed by atoms with Gasteiger partial charge in [0.2, 0.25) is 0 Å². The van der Waals surface area contributed by atoms with Gasteiger partial charge in [-0.3, -0.25) is 0 Å². The van der Waals surface area contributed by atoms with E-state index in [9.17, 15) is 0 Å². The first-order valence-corrected chi connectivity index (χ1v) is 21.7. The van der Waals surface area contributed by atoms with Crippen LogP contribution in [0.15, 0.2) is 211 Å². The number of aromatic nitrogens is 4. The molecule has 0 fully saturated rings. The first-order valence-electron chi connectivity index (χ1n) is 21.7. The van der Waals surface area contributed by atoms with Crippen LogP contribution in [-0.2, 0) is 0 Å². The molecular formula is C59H34N4O. The molecule has 0 amide bonds. The molecule has 0 N–H and O–H groups in total. The van der Waals surface area contributed by atoms with Crippen molar-refractivity contribution in [1.29, 1.82) is 0 Å². The van der Waals surface area contributed by atoms with Gasteiger partial charge in [0, 0.05) is 49.7 Å². The number of rotatable bonds is 4. The van der Waals surface area contributed by atoms with Gasteiger partial charge in [0.15, 0.2) is 17.5 Å². The minimum atomic E-state index is 0.582. The van der Waals surface area contributed by atoms with Crippen LogP contribution in [0.25, 0.3) is 137 Å². The van der Waals surface area contributed by atoms with Crippen molar-refractivity contribution in [1.82, 2.24) is 19.5 Å². The van der Waals surface area contributed by atoms with Gasteiger partial charge in [-0.05, 0) is 97.0 Å². The van der Waals surface area contributed by atoms with E-state index in [1.807, 2.05) is 0 Å². The molecule has 296 valence electrons. The highest BCUT2D eigenvalue weighted by atomic mass is 16.3. The van der Waals surface area contributed by atoms with Crippen molar-refractivity contribution >= 4 is 97.6 Å². The lowest BCUT2D eigenvalue weighted by Crippen LogP contribution is -2.00. The highest BCUT2D eigenvalue weighted by molar-refractivity contribution is 6.23. The van der Waals surface area contributed by atoms with E-state index >= 15 is 0 Å². The summed E-state index contributed by atoms with van der Waals surface area (Å²) in [5.41, 5.74) is 7.70. The van der Waals surface area contributed by atoms with Gasteiger partial charge in [-0.25, -0.2) is 15.0 Å². The molecular weight excluding hydrogens is 781 g/mol. The Hall–Kier alpha value is -8.67. The summed E-state index contributed by atoms with van der Waals surface area (Å²) in [6, 6.07) is 73.5. The average molecular weight is 815 g/mol. The molecule has 3 aromatic heterocycles. The Balaban J connectivity index is 0.989. The fraction of sp³-hybridized carbons (Fsp3) is 0. The molecule has 0 aliphatic rings. The zero-order chi connectivity index (χ0) is 41.9. The van der Waals surface area contributed by atoms with Crippen LogP contribution in [0.1, 0.15) is 0 Å². The van der Waals surface area contributed by atoms with Crippen LogP contribution in [0.5, 0.6) is 0 Å². The molecule has 0 saturated heterocycles. The molecule has 5 nitrogen and oxygen atoms in total. The fourth-order valence-corrected chi connectivity index (χ4v) is 10.0. The van der Waals surface area contributed by atoms with E-state index in [0.29, 0.717) is 17.5 Å². The van der Waals surface area contributed by atoms with E-state index in [-0.39, 0.29) is 0 Å². The van der Waals surface area contributed by atoms with Crippen LogP contribution < -0.4 is 0 Å². The van der Waals surface area contributed by atoms with Gasteiger partial charge in [0.1, 0.15) is 11.2 Å². The maximum absolute atomic E-state index is 6.97. The van der Waals surface area contributed by atoms with E-state index in [0.717, 1.165) is 76.9 Å². The molecule has 0 aliphatic carbocycles. The molecule has 0 aliphatic heterocycles. The van der Waals surface area contributed by atoms with Gasteiger partial charge in [-0.1, -0.05) is 152 Å². The summed E-state index contributed by atoms with van der Waals surface area (Å²) in [5.74, 6) is 1.82. The normalized spacial score (nSPS) is 12.1. The molecule has 11 aromatic carbocycles. The quantitative estimate of drug-likeness (QED) is 0.178. The third-order valence-corrected chi connectivity index (χ3v) is 13.1. The van der Waals surface area contributed by atoms with Crippen LogP contribution in [0.2, 0.25) is 0 Å². The van der Waals surface area contributed by atoms with E-state index < -0.39 is 0 Å². The molecule has 0 radical (unpaired) electrons. The number of benzene rings is 11. The Labute approximate surface area is 366 Å². The number of hydrogen-bond acceptors (Lipinski definition) is 4. The van der Waals surface area contributed by atoms with Crippen molar-refractivity contribution < 1.29 is 4.42 Å². The summed E-state index contributed by atoms with van der Waals surface area (Å²) < 4.78 is 9.41. The van der Waals surface area contributed by atoms with Crippen LogP contribution in [0, 0.1) is 0 Å². The molecule has 64 heavy (non-hydrogen) atoms.